The summed E-state index contributed by atoms with van der Waals surface area (Å²) in [5.41, 5.74) is 1.09. The number of benzene rings is 1. The van der Waals surface area contributed by atoms with Crippen LogP contribution in [0.15, 0.2) is 24.4 Å². The van der Waals surface area contributed by atoms with Gasteiger partial charge < -0.3 is 15.4 Å². The lowest BCUT2D eigenvalue weighted by Crippen LogP contribution is -2.29. The second-order valence-corrected chi connectivity index (χ2v) is 6.04. The van der Waals surface area contributed by atoms with E-state index in [1.807, 2.05) is 0 Å². The zero-order valence-corrected chi connectivity index (χ0v) is 14.2. The molecule has 0 aliphatic carbocycles. The first-order valence-electron chi connectivity index (χ1n) is 8.40. The van der Waals surface area contributed by atoms with Gasteiger partial charge in [0, 0.05) is 6.54 Å². The van der Waals surface area contributed by atoms with E-state index in [0.717, 1.165) is 31.5 Å². The molecule has 0 radical (unpaired) electrons. The Labute approximate surface area is 145 Å². The normalized spacial score (nSPS) is 15.1. The van der Waals surface area contributed by atoms with Crippen LogP contribution in [0.5, 0.6) is 5.75 Å². The highest BCUT2D eigenvalue weighted by Gasteiger charge is 2.18. The predicted molar refractivity (Wildman–Crippen MR) is 90.2 cm³/mol. The molecule has 7 nitrogen and oxygen atoms in total. The number of aromatic nitrogens is 3. The molecule has 3 rings (SSSR count). The molecule has 0 atom stereocenters. The second kappa shape index (κ2) is 8.06. The highest BCUT2D eigenvalue weighted by molar-refractivity contribution is 5.91. The van der Waals surface area contributed by atoms with Crippen LogP contribution >= 0.6 is 0 Å². The summed E-state index contributed by atoms with van der Waals surface area (Å²) < 4.78 is 20.3. The lowest BCUT2D eigenvalue weighted by Gasteiger charge is -2.22. The molecule has 0 saturated carbocycles. The number of carbonyl (C=O) groups is 1. The molecule has 1 amide bonds. The molecule has 0 bridgehead atoms. The van der Waals surface area contributed by atoms with E-state index in [1.165, 1.54) is 13.2 Å². The van der Waals surface area contributed by atoms with E-state index >= 15 is 0 Å². The van der Waals surface area contributed by atoms with Crippen molar-refractivity contribution in [3.63, 3.8) is 0 Å². The Hall–Kier alpha value is -2.48. The van der Waals surface area contributed by atoms with Gasteiger partial charge >= 0.3 is 0 Å². The van der Waals surface area contributed by atoms with Crippen molar-refractivity contribution < 1.29 is 13.9 Å². The van der Waals surface area contributed by atoms with Crippen molar-refractivity contribution in [2.75, 3.05) is 26.7 Å². The van der Waals surface area contributed by atoms with Crippen LogP contribution in [0.4, 0.5) is 4.39 Å². The van der Waals surface area contributed by atoms with Gasteiger partial charge in [0.2, 0.25) is 0 Å². The summed E-state index contributed by atoms with van der Waals surface area (Å²) in [6.07, 6.45) is 4.17. The van der Waals surface area contributed by atoms with Crippen molar-refractivity contribution in [2.45, 2.75) is 25.3 Å². The number of carbonyl (C=O) groups excluding carboxylic acids is 1. The SMILES string of the molecule is COc1ccc(CCNC(=O)c2cn(C3CCNCC3)nn2)cc1F. The van der Waals surface area contributed by atoms with Crippen molar-refractivity contribution in [1.82, 2.24) is 25.6 Å². The number of rotatable bonds is 6. The van der Waals surface area contributed by atoms with E-state index in [2.05, 4.69) is 20.9 Å². The average Bonchev–Trinajstić information content (AvgIpc) is 3.13. The smallest absolute Gasteiger partial charge is 0.273 e. The molecule has 134 valence electrons. The summed E-state index contributed by atoms with van der Waals surface area (Å²) in [5.74, 6) is -0.465. The van der Waals surface area contributed by atoms with Gasteiger partial charge in [-0.05, 0) is 50.0 Å². The molecule has 8 heteroatoms. The van der Waals surface area contributed by atoms with E-state index in [9.17, 15) is 9.18 Å². The molecule has 25 heavy (non-hydrogen) atoms. The number of piperidine rings is 1. The Balaban J connectivity index is 1.51. The molecule has 1 aromatic heterocycles. The number of ether oxygens (including phenoxy) is 1. The van der Waals surface area contributed by atoms with Crippen LogP contribution in [0, 0.1) is 5.82 Å². The van der Waals surface area contributed by atoms with Gasteiger partial charge in [0.25, 0.3) is 5.91 Å². The van der Waals surface area contributed by atoms with Crippen molar-refractivity contribution in [1.29, 1.82) is 0 Å². The fraction of sp³-hybridized carbons (Fsp3) is 0.471. The molecule has 1 aliphatic heterocycles. The Kier molecular flexibility index (Phi) is 5.60. The average molecular weight is 347 g/mol. The number of hydrogen-bond donors (Lipinski definition) is 2. The number of hydrogen-bond acceptors (Lipinski definition) is 5. The summed E-state index contributed by atoms with van der Waals surface area (Å²) in [5, 5.41) is 14.1. The maximum Gasteiger partial charge on any atom is 0.273 e. The molecule has 0 spiro atoms. The Morgan fingerprint density at radius 3 is 2.96 bits per heavy atom. The van der Waals surface area contributed by atoms with Crippen LogP contribution < -0.4 is 15.4 Å². The minimum absolute atomic E-state index is 0.210. The predicted octanol–water partition coefficient (Wildman–Crippen LogP) is 1.32. The van der Waals surface area contributed by atoms with Crippen molar-refractivity contribution in [2.24, 2.45) is 0 Å². The highest BCUT2D eigenvalue weighted by atomic mass is 19.1. The van der Waals surface area contributed by atoms with E-state index in [4.69, 9.17) is 4.74 Å². The Morgan fingerprint density at radius 1 is 1.44 bits per heavy atom. The van der Waals surface area contributed by atoms with Crippen molar-refractivity contribution in [3.8, 4) is 5.75 Å². The molecule has 1 aromatic carbocycles. The zero-order chi connectivity index (χ0) is 17.6. The number of methoxy groups -OCH3 is 1. The van der Waals surface area contributed by atoms with E-state index in [1.54, 1.807) is 23.0 Å². The van der Waals surface area contributed by atoms with Gasteiger partial charge in [-0.3, -0.25) is 4.79 Å². The maximum atomic E-state index is 13.6. The van der Waals surface area contributed by atoms with Gasteiger partial charge in [0.1, 0.15) is 0 Å². The fourth-order valence-electron chi connectivity index (χ4n) is 2.91. The van der Waals surface area contributed by atoms with Crippen LogP contribution in [0.25, 0.3) is 0 Å². The largest absolute Gasteiger partial charge is 0.494 e. The lowest BCUT2D eigenvalue weighted by molar-refractivity contribution is 0.0949. The quantitative estimate of drug-likeness (QED) is 0.824. The first-order valence-corrected chi connectivity index (χ1v) is 8.40. The third-order valence-electron chi connectivity index (χ3n) is 4.34. The van der Waals surface area contributed by atoms with Crippen LogP contribution in [-0.2, 0) is 6.42 Å². The van der Waals surface area contributed by atoms with Crippen LogP contribution in [0.2, 0.25) is 0 Å². The number of nitrogens with zero attached hydrogens (tertiary/aromatic N) is 3. The molecule has 0 unspecified atom stereocenters. The molecule has 1 aliphatic rings. The minimum atomic E-state index is -0.406. The second-order valence-electron chi connectivity index (χ2n) is 6.04. The molecular weight excluding hydrogens is 325 g/mol. The topological polar surface area (TPSA) is 81.1 Å². The summed E-state index contributed by atoms with van der Waals surface area (Å²) in [7, 11) is 1.43. The number of nitrogens with one attached hydrogen (secondary N) is 2. The third-order valence-corrected chi connectivity index (χ3v) is 4.34. The van der Waals surface area contributed by atoms with Gasteiger partial charge in [0.05, 0.1) is 19.3 Å². The van der Waals surface area contributed by atoms with Crippen LogP contribution in [0.1, 0.15) is 34.9 Å². The molecule has 2 heterocycles. The van der Waals surface area contributed by atoms with Crippen LogP contribution in [-0.4, -0.2) is 47.6 Å². The summed E-state index contributed by atoms with van der Waals surface area (Å²) >= 11 is 0. The minimum Gasteiger partial charge on any atom is -0.494 e. The van der Waals surface area contributed by atoms with Gasteiger partial charge in [-0.1, -0.05) is 11.3 Å². The Morgan fingerprint density at radius 2 is 2.24 bits per heavy atom. The highest BCUT2D eigenvalue weighted by Crippen LogP contribution is 2.18. The standard InChI is InChI=1S/C17H22FN5O2/c1-25-16-3-2-12(10-14(16)18)4-9-20-17(24)15-11-23(22-21-15)13-5-7-19-8-6-13/h2-3,10-11,13,19H,4-9H2,1H3,(H,20,24). The molecular formula is C17H22FN5O2. The van der Waals surface area contributed by atoms with Gasteiger partial charge in [-0.15, -0.1) is 5.10 Å². The molecule has 2 aromatic rings. The van der Waals surface area contributed by atoms with E-state index in [0.29, 0.717) is 18.7 Å². The van der Waals surface area contributed by atoms with Crippen molar-refractivity contribution >= 4 is 5.91 Å². The number of halogens is 1. The Bertz CT molecular complexity index is 728. The first-order chi connectivity index (χ1) is 12.2. The van der Waals surface area contributed by atoms with Crippen LogP contribution in [0.3, 0.4) is 0 Å². The third kappa shape index (κ3) is 4.33. The monoisotopic (exact) mass is 347 g/mol. The maximum absolute atomic E-state index is 13.6. The van der Waals surface area contributed by atoms with E-state index < -0.39 is 5.82 Å². The molecule has 1 saturated heterocycles. The zero-order valence-electron chi connectivity index (χ0n) is 14.2. The summed E-state index contributed by atoms with van der Waals surface area (Å²) in [4.78, 5) is 12.2. The van der Waals surface area contributed by atoms with E-state index in [-0.39, 0.29) is 17.7 Å². The first kappa shape index (κ1) is 17.3. The fourth-order valence-corrected chi connectivity index (χ4v) is 2.91. The van der Waals surface area contributed by atoms with Gasteiger partial charge in [0.15, 0.2) is 17.3 Å². The lowest BCUT2D eigenvalue weighted by atomic mass is 10.1. The van der Waals surface area contributed by atoms with Gasteiger partial charge in [-0.2, -0.15) is 0 Å². The summed E-state index contributed by atoms with van der Waals surface area (Å²) in [6.45, 7) is 2.29. The summed E-state index contributed by atoms with van der Waals surface area (Å²) in [6, 6.07) is 5.06. The van der Waals surface area contributed by atoms with Gasteiger partial charge in [-0.25, -0.2) is 9.07 Å². The number of amides is 1. The molecule has 1 fully saturated rings. The molecule has 2 N–H and O–H groups in total. The van der Waals surface area contributed by atoms with Crippen molar-refractivity contribution in [3.05, 3.63) is 41.5 Å².